The van der Waals surface area contributed by atoms with Gasteiger partial charge in [0, 0.05) is 38.2 Å². The molecule has 1 aliphatic rings. The van der Waals surface area contributed by atoms with Crippen LogP contribution >= 0.6 is 0 Å². The van der Waals surface area contributed by atoms with Crippen LogP contribution in [0.2, 0.25) is 0 Å². The topological polar surface area (TPSA) is 78.5 Å². The number of likely N-dealkylation sites (tertiary alicyclic amines) is 1. The largest absolute Gasteiger partial charge is 0.353 e. The number of rotatable bonds is 6. The first-order valence-electron chi connectivity index (χ1n) is 9.91. The van der Waals surface area contributed by atoms with Crippen molar-refractivity contribution in [3.63, 3.8) is 0 Å². The Morgan fingerprint density at radius 1 is 0.935 bits per heavy atom. The van der Waals surface area contributed by atoms with Gasteiger partial charge in [0.25, 0.3) is 11.8 Å². The number of piperidine rings is 1. The van der Waals surface area contributed by atoms with Gasteiger partial charge in [0.1, 0.15) is 17.5 Å². The lowest BCUT2D eigenvalue weighted by Crippen LogP contribution is -2.47. The molecule has 2 aromatic rings. The van der Waals surface area contributed by atoms with Crippen molar-refractivity contribution in [2.24, 2.45) is 0 Å². The average molecular weight is 433 g/mol. The number of nitrogens with zero attached hydrogens (tertiary/aromatic N) is 1. The van der Waals surface area contributed by atoms with E-state index >= 15 is 0 Å². The fourth-order valence-electron chi connectivity index (χ4n) is 3.39. The summed E-state index contributed by atoms with van der Waals surface area (Å²) in [5, 5.41) is 5.26. The van der Waals surface area contributed by atoms with Gasteiger partial charge in [-0.05, 0) is 37.1 Å². The Labute approximate surface area is 177 Å². The summed E-state index contributed by atoms with van der Waals surface area (Å²) in [7, 11) is 0. The van der Waals surface area contributed by atoms with E-state index in [-0.39, 0.29) is 41.9 Å². The van der Waals surface area contributed by atoms with E-state index in [1.165, 1.54) is 18.2 Å². The molecule has 0 radical (unpaired) electrons. The standard InChI is InChI=1S/C22H22F3N3O3/c23-14-5-6-16(19(25)13-14)21(30)26-10-7-20(29)27-15-8-11-28(12-9-15)22(31)17-3-1-2-4-18(17)24/h1-6,13,15H,7-12H2,(H,26,30)(H,27,29). The van der Waals surface area contributed by atoms with E-state index in [0.29, 0.717) is 32.0 Å². The quantitative estimate of drug-likeness (QED) is 0.735. The molecule has 1 fully saturated rings. The number of halogens is 3. The molecule has 164 valence electrons. The van der Waals surface area contributed by atoms with Gasteiger partial charge in [0.2, 0.25) is 5.91 Å². The summed E-state index contributed by atoms with van der Waals surface area (Å²) in [5.41, 5.74) is -0.271. The lowest BCUT2D eigenvalue weighted by atomic mass is 10.0. The first kappa shape index (κ1) is 22.3. The van der Waals surface area contributed by atoms with Crippen molar-refractivity contribution >= 4 is 17.7 Å². The maximum absolute atomic E-state index is 13.8. The number of amides is 3. The second kappa shape index (κ2) is 10.1. The van der Waals surface area contributed by atoms with Gasteiger partial charge >= 0.3 is 0 Å². The number of nitrogens with one attached hydrogen (secondary N) is 2. The molecule has 3 rings (SSSR count). The fourth-order valence-corrected chi connectivity index (χ4v) is 3.39. The summed E-state index contributed by atoms with van der Waals surface area (Å²) in [6, 6.07) is 8.30. The van der Waals surface area contributed by atoms with Gasteiger partial charge in [0.15, 0.2) is 0 Å². The molecule has 0 aliphatic carbocycles. The predicted molar refractivity (Wildman–Crippen MR) is 107 cm³/mol. The molecule has 9 heteroatoms. The van der Waals surface area contributed by atoms with Crippen molar-refractivity contribution < 1.29 is 27.6 Å². The minimum Gasteiger partial charge on any atom is -0.353 e. The highest BCUT2D eigenvalue weighted by molar-refractivity contribution is 5.95. The zero-order valence-corrected chi connectivity index (χ0v) is 16.7. The normalized spacial score (nSPS) is 14.2. The minimum absolute atomic E-state index is 0.00784. The van der Waals surface area contributed by atoms with Gasteiger partial charge in [0.05, 0.1) is 11.1 Å². The van der Waals surface area contributed by atoms with Crippen LogP contribution in [0.3, 0.4) is 0 Å². The number of hydrogen-bond donors (Lipinski definition) is 2. The summed E-state index contributed by atoms with van der Waals surface area (Å²) in [6.45, 7) is 0.767. The Balaban J connectivity index is 1.39. The SMILES string of the molecule is O=C(CCNC(=O)c1ccc(F)cc1F)NC1CCN(C(=O)c2ccccc2F)CC1. The van der Waals surface area contributed by atoms with Crippen LogP contribution < -0.4 is 10.6 Å². The smallest absolute Gasteiger partial charge is 0.256 e. The summed E-state index contributed by atoms with van der Waals surface area (Å²) in [4.78, 5) is 38.0. The molecular formula is C22H22F3N3O3. The van der Waals surface area contributed by atoms with E-state index < -0.39 is 23.4 Å². The lowest BCUT2D eigenvalue weighted by Gasteiger charge is -2.32. The van der Waals surface area contributed by atoms with Crippen LogP contribution in [0.25, 0.3) is 0 Å². The number of carbonyl (C=O) groups is 3. The Hall–Kier alpha value is -3.36. The number of benzene rings is 2. The van der Waals surface area contributed by atoms with E-state index in [4.69, 9.17) is 0 Å². The van der Waals surface area contributed by atoms with Crippen LogP contribution in [0.1, 0.15) is 40.0 Å². The third kappa shape index (κ3) is 5.84. The van der Waals surface area contributed by atoms with Gasteiger partial charge in [-0.25, -0.2) is 13.2 Å². The summed E-state index contributed by atoms with van der Waals surface area (Å²) in [5.74, 6) is -3.72. The van der Waals surface area contributed by atoms with E-state index in [2.05, 4.69) is 10.6 Å². The maximum Gasteiger partial charge on any atom is 0.256 e. The highest BCUT2D eigenvalue weighted by atomic mass is 19.1. The van der Waals surface area contributed by atoms with Crippen LogP contribution in [0.15, 0.2) is 42.5 Å². The van der Waals surface area contributed by atoms with E-state index in [1.807, 2.05) is 0 Å². The molecule has 0 bridgehead atoms. The minimum atomic E-state index is -0.973. The average Bonchev–Trinajstić information content (AvgIpc) is 2.74. The van der Waals surface area contributed by atoms with Crippen LogP contribution in [0.4, 0.5) is 13.2 Å². The fraction of sp³-hybridized carbons (Fsp3) is 0.318. The summed E-state index contributed by atoms with van der Waals surface area (Å²) >= 11 is 0. The monoisotopic (exact) mass is 433 g/mol. The molecule has 0 unspecified atom stereocenters. The van der Waals surface area contributed by atoms with E-state index in [1.54, 1.807) is 11.0 Å². The van der Waals surface area contributed by atoms with Crippen molar-refractivity contribution in [1.29, 1.82) is 0 Å². The van der Waals surface area contributed by atoms with Crippen LogP contribution in [0.5, 0.6) is 0 Å². The molecule has 0 atom stereocenters. The molecule has 2 N–H and O–H groups in total. The molecule has 1 saturated heterocycles. The Morgan fingerprint density at radius 2 is 1.65 bits per heavy atom. The molecular weight excluding hydrogens is 411 g/mol. The van der Waals surface area contributed by atoms with Gasteiger partial charge in [-0.1, -0.05) is 12.1 Å². The van der Waals surface area contributed by atoms with Gasteiger partial charge < -0.3 is 15.5 Å². The van der Waals surface area contributed by atoms with Crippen molar-refractivity contribution in [2.45, 2.75) is 25.3 Å². The third-order valence-corrected chi connectivity index (χ3v) is 5.06. The Bertz CT molecular complexity index is 975. The number of carbonyl (C=O) groups excluding carboxylic acids is 3. The molecule has 2 aromatic carbocycles. The molecule has 1 aliphatic heterocycles. The molecule has 0 saturated carbocycles. The Morgan fingerprint density at radius 3 is 2.32 bits per heavy atom. The zero-order chi connectivity index (χ0) is 22.4. The lowest BCUT2D eigenvalue weighted by molar-refractivity contribution is -0.121. The van der Waals surface area contributed by atoms with Crippen LogP contribution in [0, 0.1) is 17.5 Å². The van der Waals surface area contributed by atoms with Crippen LogP contribution in [-0.4, -0.2) is 48.3 Å². The van der Waals surface area contributed by atoms with Crippen molar-refractivity contribution in [3.05, 3.63) is 71.0 Å². The third-order valence-electron chi connectivity index (χ3n) is 5.06. The van der Waals surface area contributed by atoms with E-state index in [9.17, 15) is 27.6 Å². The first-order chi connectivity index (χ1) is 14.8. The number of hydrogen-bond acceptors (Lipinski definition) is 3. The summed E-state index contributed by atoms with van der Waals surface area (Å²) in [6.07, 6.45) is 1.04. The van der Waals surface area contributed by atoms with E-state index in [0.717, 1.165) is 12.1 Å². The Kier molecular flexibility index (Phi) is 7.28. The second-order valence-corrected chi connectivity index (χ2v) is 7.24. The second-order valence-electron chi connectivity index (χ2n) is 7.24. The predicted octanol–water partition coefficient (Wildman–Crippen LogP) is 2.64. The maximum atomic E-state index is 13.8. The van der Waals surface area contributed by atoms with Gasteiger partial charge in [-0.3, -0.25) is 14.4 Å². The van der Waals surface area contributed by atoms with Crippen LogP contribution in [-0.2, 0) is 4.79 Å². The van der Waals surface area contributed by atoms with Gasteiger partial charge in [-0.2, -0.15) is 0 Å². The molecule has 0 aromatic heterocycles. The molecule has 0 spiro atoms. The van der Waals surface area contributed by atoms with Crippen molar-refractivity contribution in [1.82, 2.24) is 15.5 Å². The molecule has 31 heavy (non-hydrogen) atoms. The highest BCUT2D eigenvalue weighted by Crippen LogP contribution is 2.16. The molecule has 3 amide bonds. The van der Waals surface area contributed by atoms with Crippen molar-refractivity contribution in [3.8, 4) is 0 Å². The van der Waals surface area contributed by atoms with Crippen molar-refractivity contribution in [2.75, 3.05) is 19.6 Å². The zero-order valence-electron chi connectivity index (χ0n) is 16.7. The molecule has 6 nitrogen and oxygen atoms in total. The summed E-state index contributed by atoms with van der Waals surface area (Å²) < 4.78 is 40.3. The highest BCUT2D eigenvalue weighted by Gasteiger charge is 2.26. The molecule has 1 heterocycles. The van der Waals surface area contributed by atoms with Gasteiger partial charge in [-0.15, -0.1) is 0 Å². The first-order valence-corrected chi connectivity index (χ1v) is 9.91.